The summed E-state index contributed by atoms with van der Waals surface area (Å²) in [5, 5.41) is 2.82. The van der Waals surface area contributed by atoms with Crippen molar-refractivity contribution in [2.24, 2.45) is 5.41 Å². The lowest BCUT2D eigenvalue weighted by Gasteiger charge is -2.38. The maximum absolute atomic E-state index is 13.0. The molecule has 1 saturated heterocycles. The van der Waals surface area contributed by atoms with E-state index in [2.05, 4.69) is 15.3 Å². The molecule has 1 aromatic heterocycles. The minimum Gasteiger partial charge on any atom is -0.348 e. The summed E-state index contributed by atoms with van der Waals surface area (Å²) < 4.78 is 13.0. The van der Waals surface area contributed by atoms with Gasteiger partial charge in [0, 0.05) is 24.7 Å². The number of nitrogens with zero attached hydrogens (tertiary/aromatic N) is 3. The van der Waals surface area contributed by atoms with Crippen molar-refractivity contribution in [3.63, 3.8) is 0 Å². The van der Waals surface area contributed by atoms with Crippen LogP contribution in [0.1, 0.15) is 73.5 Å². The Morgan fingerprint density at radius 3 is 2.53 bits per heavy atom. The zero-order chi connectivity index (χ0) is 21.9. The summed E-state index contributed by atoms with van der Waals surface area (Å²) in [6, 6.07) is 5.82. The van der Waals surface area contributed by atoms with Crippen LogP contribution in [0.25, 0.3) is 0 Å². The number of amides is 2. The van der Waals surface area contributed by atoms with Gasteiger partial charge in [-0.25, -0.2) is 14.4 Å². The molecule has 30 heavy (non-hydrogen) atoms. The van der Waals surface area contributed by atoms with Gasteiger partial charge < -0.3 is 10.2 Å². The lowest BCUT2D eigenvalue weighted by molar-refractivity contribution is -0.143. The van der Waals surface area contributed by atoms with Gasteiger partial charge in [-0.3, -0.25) is 9.59 Å². The van der Waals surface area contributed by atoms with Gasteiger partial charge in [0.05, 0.1) is 17.3 Å². The monoisotopic (exact) mass is 412 g/mol. The molecule has 1 fully saturated rings. The molecule has 1 aliphatic heterocycles. The topological polar surface area (TPSA) is 75.2 Å². The van der Waals surface area contributed by atoms with Crippen molar-refractivity contribution >= 4 is 11.8 Å². The molecule has 0 saturated carbocycles. The van der Waals surface area contributed by atoms with E-state index in [0.717, 1.165) is 24.8 Å². The van der Waals surface area contributed by atoms with E-state index >= 15 is 0 Å². The van der Waals surface area contributed by atoms with E-state index in [0.29, 0.717) is 23.6 Å². The Kier molecular flexibility index (Phi) is 6.48. The number of hydrogen-bond donors (Lipinski definition) is 1. The number of piperidine rings is 1. The third-order valence-corrected chi connectivity index (χ3v) is 5.31. The standard InChI is InChI=1S/C23H29FN4O2/c1-15-18(21(29)26-13-16-8-10-17(24)11-9-16)14-25-20(27-15)19-7-5-6-12-28(19)22(30)23(2,3)4/h8-11,14,19H,5-7,12-13H2,1-4H3,(H,26,29)/t19-/m1/s1. The van der Waals surface area contributed by atoms with Gasteiger partial charge in [0.25, 0.3) is 5.91 Å². The number of nitrogens with one attached hydrogen (secondary N) is 1. The fraction of sp³-hybridized carbons (Fsp3) is 0.478. The number of benzene rings is 1. The van der Waals surface area contributed by atoms with Crippen molar-refractivity contribution in [3.8, 4) is 0 Å². The molecule has 2 amide bonds. The quantitative estimate of drug-likeness (QED) is 0.825. The highest BCUT2D eigenvalue weighted by Gasteiger charge is 2.35. The number of rotatable bonds is 4. The number of aromatic nitrogens is 2. The van der Waals surface area contributed by atoms with Crippen LogP contribution >= 0.6 is 0 Å². The molecule has 0 radical (unpaired) electrons. The molecular formula is C23H29FN4O2. The van der Waals surface area contributed by atoms with Crippen molar-refractivity contribution in [1.29, 1.82) is 0 Å². The van der Waals surface area contributed by atoms with Crippen LogP contribution in [0.15, 0.2) is 30.5 Å². The van der Waals surface area contributed by atoms with Gasteiger partial charge in [0.2, 0.25) is 5.91 Å². The first-order valence-electron chi connectivity index (χ1n) is 10.3. The highest BCUT2D eigenvalue weighted by atomic mass is 19.1. The number of carbonyl (C=O) groups excluding carboxylic acids is 2. The number of halogens is 1. The smallest absolute Gasteiger partial charge is 0.254 e. The van der Waals surface area contributed by atoms with Crippen molar-refractivity contribution in [3.05, 3.63) is 58.9 Å². The number of hydrogen-bond acceptors (Lipinski definition) is 4. The highest BCUT2D eigenvalue weighted by molar-refractivity contribution is 5.94. The maximum atomic E-state index is 13.0. The van der Waals surface area contributed by atoms with Crippen LogP contribution in [-0.2, 0) is 11.3 Å². The average Bonchev–Trinajstić information content (AvgIpc) is 2.72. The molecule has 1 atom stereocenters. The number of aryl methyl sites for hydroxylation is 1. The van der Waals surface area contributed by atoms with Crippen LogP contribution in [0.3, 0.4) is 0 Å². The van der Waals surface area contributed by atoms with Crippen LogP contribution in [0.4, 0.5) is 4.39 Å². The first-order chi connectivity index (χ1) is 14.2. The van der Waals surface area contributed by atoms with E-state index in [1.54, 1.807) is 19.1 Å². The SMILES string of the molecule is Cc1nc([C@H]2CCCCN2C(=O)C(C)(C)C)ncc1C(=O)NCc1ccc(F)cc1. The molecule has 1 N–H and O–H groups in total. The van der Waals surface area contributed by atoms with E-state index in [-0.39, 0.29) is 30.2 Å². The zero-order valence-electron chi connectivity index (χ0n) is 18.0. The van der Waals surface area contributed by atoms with E-state index in [4.69, 9.17) is 0 Å². The van der Waals surface area contributed by atoms with Gasteiger partial charge in [-0.05, 0) is 43.9 Å². The molecule has 0 unspecified atom stereocenters. The predicted octanol–water partition coefficient (Wildman–Crippen LogP) is 3.95. The van der Waals surface area contributed by atoms with Crippen LogP contribution in [0, 0.1) is 18.2 Å². The lowest BCUT2D eigenvalue weighted by atomic mass is 9.91. The normalized spacial score (nSPS) is 17.0. The summed E-state index contributed by atoms with van der Waals surface area (Å²) in [5.74, 6) is 0.0794. The van der Waals surface area contributed by atoms with Crippen LogP contribution in [0.2, 0.25) is 0 Å². The highest BCUT2D eigenvalue weighted by Crippen LogP contribution is 2.32. The Labute approximate surface area is 176 Å². The first kappa shape index (κ1) is 21.9. The second kappa shape index (κ2) is 8.90. The van der Waals surface area contributed by atoms with Crippen molar-refractivity contribution in [1.82, 2.24) is 20.2 Å². The second-order valence-electron chi connectivity index (χ2n) is 8.80. The summed E-state index contributed by atoms with van der Waals surface area (Å²) in [6.45, 7) is 8.52. The van der Waals surface area contributed by atoms with Gasteiger partial charge >= 0.3 is 0 Å². The van der Waals surface area contributed by atoms with E-state index in [1.165, 1.54) is 18.3 Å². The molecular weight excluding hydrogens is 383 g/mol. The minimum atomic E-state index is -0.467. The first-order valence-corrected chi connectivity index (χ1v) is 10.3. The molecule has 7 heteroatoms. The summed E-state index contributed by atoms with van der Waals surface area (Å²) in [5.41, 5.74) is 1.30. The maximum Gasteiger partial charge on any atom is 0.254 e. The Hall–Kier alpha value is -2.83. The summed E-state index contributed by atoms with van der Waals surface area (Å²) in [4.78, 5) is 36.4. The molecule has 2 heterocycles. The molecule has 6 nitrogen and oxygen atoms in total. The molecule has 160 valence electrons. The Morgan fingerprint density at radius 1 is 1.20 bits per heavy atom. The van der Waals surface area contributed by atoms with E-state index in [9.17, 15) is 14.0 Å². The molecule has 1 aromatic carbocycles. The van der Waals surface area contributed by atoms with Gasteiger partial charge in [-0.2, -0.15) is 0 Å². The fourth-order valence-corrected chi connectivity index (χ4v) is 3.62. The Bertz CT molecular complexity index is 922. The summed E-state index contributed by atoms with van der Waals surface area (Å²) >= 11 is 0. The molecule has 0 bridgehead atoms. The van der Waals surface area contributed by atoms with E-state index < -0.39 is 5.41 Å². The predicted molar refractivity (Wildman–Crippen MR) is 112 cm³/mol. The van der Waals surface area contributed by atoms with Crippen LogP contribution in [0.5, 0.6) is 0 Å². The van der Waals surface area contributed by atoms with E-state index in [1.807, 2.05) is 25.7 Å². The van der Waals surface area contributed by atoms with Gasteiger partial charge in [0.1, 0.15) is 5.82 Å². The summed E-state index contributed by atoms with van der Waals surface area (Å²) in [7, 11) is 0. The Balaban J connectivity index is 1.74. The molecule has 0 spiro atoms. The van der Waals surface area contributed by atoms with Crippen LogP contribution < -0.4 is 5.32 Å². The van der Waals surface area contributed by atoms with Gasteiger partial charge in [0.15, 0.2) is 5.82 Å². The van der Waals surface area contributed by atoms with Crippen molar-refractivity contribution < 1.29 is 14.0 Å². The number of carbonyl (C=O) groups is 2. The molecule has 3 rings (SSSR count). The van der Waals surface area contributed by atoms with Crippen LogP contribution in [-0.4, -0.2) is 33.2 Å². The van der Waals surface area contributed by atoms with Gasteiger partial charge in [-0.15, -0.1) is 0 Å². The third-order valence-electron chi connectivity index (χ3n) is 5.31. The molecule has 0 aliphatic carbocycles. The fourth-order valence-electron chi connectivity index (χ4n) is 3.62. The summed E-state index contributed by atoms with van der Waals surface area (Å²) in [6.07, 6.45) is 4.34. The number of likely N-dealkylation sites (tertiary alicyclic amines) is 1. The second-order valence-corrected chi connectivity index (χ2v) is 8.80. The van der Waals surface area contributed by atoms with Gasteiger partial charge in [-0.1, -0.05) is 32.9 Å². The molecule has 1 aliphatic rings. The third kappa shape index (κ3) is 5.01. The lowest BCUT2D eigenvalue weighted by Crippen LogP contribution is -2.44. The van der Waals surface area contributed by atoms with Crippen molar-refractivity contribution in [2.75, 3.05) is 6.54 Å². The average molecular weight is 413 g/mol. The largest absolute Gasteiger partial charge is 0.348 e. The van der Waals surface area contributed by atoms with Crippen molar-refractivity contribution in [2.45, 2.75) is 59.5 Å². The minimum absolute atomic E-state index is 0.0922. The Morgan fingerprint density at radius 2 is 1.90 bits per heavy atom. The zero-order valence-corrected chi connectivity index (χ0v) is 18.0. The molecule has 2 aromatic rings.